The molecule has 0 amide bonds. The molecule has 0 saturated carbocycles. The van der Waals surface area contributed by atoms with Crippen LogP contribution in [0.3, 0.4) is 0 Å². The first-order chi connectivity index (χ1) is 18.6. The number of hydrogen-bond donors (Lipinski definition) is 1. The van der Waals surface area contributed by atoms with Crippen molar-refractivity contribution in [1.82, 2.24) is 9.55 Å². The number of hydrogen-bond acceptors (Lipinski definition) is 6. The first kappa shape index (κ1) is 27.7. The predicted octanol–water partition coefficient (Wildman–Crippen LogP) is 4.51. The van der Waals surface area contributed by atoms with Crippen molar-refractivity contribution in [3.63, 3.8) is 0 Å². The monoisotopic (exact) mass is 551 g/mol. The maximum atomic E-state index is 14.2. The van der Waals surface area contributed by atoms with Crippen LogP contribution < -0.4 is 21.8 Å². The van der Waals surface area contributed by atoms with Crippen LogP contribution in [-0.2, 0) is 13.9 Å². The fraction of sp³-hybridized carbons (Fsp3) is 0.467. The number of benzene rings is 2. The van der Waals surface area contributed by atoms with E-state index in [2.05, 4.69) is 74.3 Å². The SMILES string of the molecule is CC(C)(C)[Si](OC[C@@H]1CCC[C@]2(CCC[C@H](n3cc(F)c(N)nc3=O)O2)O1)(c1ccccc1)c1ccccc1. The Morgan fingerprint density at radius 3 is 2.21 bits per heavy atom. The van der Waals surface area contributed by atoms with Gasteiger partial charge in [0.25, 0.3) is 8.32 Å². The van der Waals surface area contributed by atoms with Crippen LogP contribution in [0.1, 0.15) is 65.5 Å². The van der Waals surface area contributed by atoms with Gasteiger partial charge in [-0.15, -0.1) is 0 Å². The van der Waals surface area contributed by atoms with Crippen LogP contribution in [0.15, 0.2) is 71.7 Å². The van der Waals surface area contributed by atoms with Gasteiger partial charge in [0, 0.05) is 12.8 Å². The quantitative estimate of drug-likeness (QED) is 0.454. The average Bonchev–Trinajstić information content (AvgIpc) is 2.92. The van der Waals surface area contributed by atoms with Crippen LogP contribution in [0.4, 0.5) is 10.2 Å². The minimum atomic E-state index is -2.71. The fourth-order valence-electron chi connectivity index (χ4n) is 6.16. The molecule has 3 heterocycles. The molecule has 2 N–H and O–H groups in total. The molecule has 2 fully saturated rings. The molecule has 2 aliphatic heterocycles. The summed E-state index contributed by atoms with van der Waals surface area (Å²) in [6.07, 6.45) is 4.78. The number of ether oxygens (including phenoxy) is 2. The van der Waals surface area contributed by atoms with Gasteiger partial charge in [-0.3, -0.25) is 4.57 Å². The summed E-state index contributed by atoms with van der Waals surface area (Å²) < 4.78 is 35.6. The average molecular weight is 552 g/mol. The zero-order valence-corrected chi connectivity index (χ0v) is 23.9. The van der Waals surface area contributed by atoms with E-state index in [0.29, 0.717) is 25.9 Å². The Labute approximate surface area is 230 Å². The molecule has 0 unspecified atom stereocenters. The van der Waals surface area contributed by atoms with Gasteiger partial charge in [-0.1, -0.05) is 81.4 Å². The summed E-state index contributed by atoms with van der Waals surface area (Å²) >= 11 is 0. The molecule has 9 heteroatoms. The number of nitrogens with zero attached hydrogens (tertiary/aromatic N) is 2. The van der Waals surface area contributed by atoms with Gasteiger partial charge in [0.2, 0.25) is 0 Å². The number of halogens is 1. The minimum Gasteiger partial charge on any atom is -0.405 e. The number of aromatic nitrogens is 2. The minimum absolute atomic E-state index is 0.137. The lowest BCUT2D eigenvalue weighted by Crippen LogP contribution is -2.67. The Hall–Kier alpha value is -2.85. The molecule has 1 aromatic heterocycles. The molecule has 5 rings (SSSR count). The first-order valence-electron chi connectivity index (χ1n) is 13.8. The van der Waals surface area contributed by atoms with Crippen LogP contribution >= 0.6 is 0 Å². The van der Waals surface area contributed by atoms with Gasteiger partial charge in [0.05, 0.1) is 18.9 Å². The van der Waals surface area contributed by atoms with Crippen molar-refractivity contribution in [2.75, 3.05) is 12.3 Å². The van der Waals surface area contributed by atoms with E-state index in [1.165, 1.54) is 14.9 Å². The molecule has 3 atom stereocenters. The number of anilines is 1. The van der Waals surface area contributed by atoms with E-state index >= 15 is 0 Å². The van der Waals surface area contributed by atoms with E-state index in [4.69, 9.17) is 19.6 Å². The maximum absolute atomic E-state index is 14.2. The van der Waals surface area contributed by atoms with Crippen molar-refractivity contribution in [1.29, 1.82) is 0 Å². The standard InChI is InChI=1S/C30H38FN3O4Si/c1-29(2,3)39(23-13-6-4-7-14-23,24-15-8-5-9-16-24)36-21-22-12-10-18-30(37-22)19-11-17-26(38-30)34-20-25(31)27(32)33-28(34)35/h4-9,13-16,20,22,26H,10-12,17-19,21H2,1-3H3,(H2,32,33,35)/t22-,26+,30-/m0/s1. The van der Waals surface area contributed by atoms with Gasteiger partial charge < -0.3 is 19.6 Å². The lowest BCUT2D eigenvalue weighted by atomic mass is 9.94. The third-order valence-corrected chi connectivity index (χ3v) is 13.0. The van der Waals surface area contributed by atoms with Crippen molar-refractivity contribution in [3.05, 3.63) is 83.2 Å². The van der Waals surface area contributed by atoms with Gasteiger partial charge in [0.15, 0.2) is 17.4 Å². The highest BCUT2D eigenvalue weighted by molar-refractivity contribution is 6.99. The largest absolute Gasteiger partial charge is 0.405 e. The van der Waals surface area contributed by atoms with E-state index in [0.717, 1.165) is 25.5 Å². The van der Waals surface area contributed by atoms with Crippen LogP contribution in [0, 0.1) is 5.82 Å². The predicted molar refractivity (Wildman–Crippen MR) is 152 cm³/mol. The van der Waals surface area contributed by atoms with Gasteiger partial charge in [-0.25, -0.2) is 9.18 Å². The van der Waals surface area contributed by atoms with Crippen molar-refractivity contribution < 1.29 is 18.3 Å². The second kappa shape index (κ2) is 11.0. The Kier molecular flexibility index (Phi) is 7.79. The number of nitrogens with two attached hydrogens (primary N) is 1. The second-order valence-corrected chi connectivity index (χ2v) is 16.0. The van der Waals surface area contributed by atoms with Crippen LogP contribution in [-0.4, -0.2) is 36.4 Å². The van der Waals surface area contributed by atoms with E-state index in [-0.39, 0.29) is 11.1 Å². The summed E-state index contributed by atoms with van der Waals surface area (Å²) in [7, 11) is -2.71. The highest BCUT2D eigenvalue weighted by atomic mass is 28.4. The highest BCUT2D eigenvalue weighted by Crippen LogP contribution is 2.43. The third kappa shape index (κ3) is 5.45. The Bertz CT molecular complexity index is 1290. The van der Waals surface area contributed by atoms with Crippen LogP contribution in [0.25, 0.3) is 0 Å². The molecule has 0 radical (unpaired) electrons. The smallest absolute Gasteiger partial charge is 0.351 e. The molecule has 7 nitrogen and oxygen atoms in total. The van der Waals surface area contributed by atoms with E-state index in [1.807, 2.05) is 12.1 Å². The molecule has 208 valence electrons. The van der Waals surface area contributed by atoms with Crippen molar-refractivity contribution >= 4 is 24.5 Å². The zero-order chi connectivity index (χ0) is 27.7. The molecule has 2 saturated heterocycles. The summed E-state index contributed by atoms with van der Waals surface area (Å²) in [6, 6.07) is 21.1. The van der Waals surface area contributed by atoms with E-state index in [1.54, 1.807) is 0 Å². The summed E-state index contributed by atoms with van der Waals surface area (Å²) in [5, 5.41) is 2.31. The lowest BCUT2D eigenvalue weighted by molar-refractivity contribution is -0.330. The first-order valence-corrected chi connectivity index (χ1v) is 15.7. The van der Waals surface area contributed by atoms with Crippen LogP contribution in [0.5, 0.6) is 0 Å². The van der Waals surface area contributed by atoms with Crippen LogP contribution in [0.2, 0.25) is 5.04 Å². The van der Waals surface area contributed by atoms with Gasteiger partial charge in [-0.2, -0.15) is 4.98 Å². The fourth-order valence-corrected chi connectivity index (χ4v) is 10.8. The summed E-state index contributed by atoms with van der Waals surface area (Å²) in [5.74, 6) is -1.99. The summed E-state index contributed by atoms with van der Waals surface area (Å²) in [4.78, 5) is 16.1. The van der Waals surface area contributed by atoms with E-state index in [9.17, 15) is 9.18 Å². The van der Waals surface area contributed by atoms with E-state index < -0.39 is 37.7 Å². The van der Waals surface area contributed by atoms with Gasteiger partial charge in [0.1, 0.15) is 6.23 Å². The number of rotatable bonds is 6. The van der Waals surface area contributed by atoms with Gasteiger partial charge >= 0.3 is 5.69 Å². The molecule has 2 aromatic carbocycles. The third-order valence-electron chi connectivity index (χ3n) is 7.97. The molecule has 0 aliphatic carbocycles. The maximum Gasteiger partial charge on any atom is 0.351 e. The molecule has 3 aromatic rings. The molecule has 39 heavy (non-hydrogen) atoms. The molecule has 0 bridgehead atoms. The second-order valence-electron chi connectivity index (χ2n) is 11.6. The lowest BCUT2D eigenvalue weighted by Gasteiger charge is -2.47. The summed E-state index contributed by atoms with van der Waals surface area (Å²) in [6.45, 7) is 7.21. The molecular weight excluding hydrogens is 513 g/mol. The topological polar surface area (TPSA) is 88.6 Å². The Morgan fingerprint density at radius 1 is 1.03 bits per heavy atom. The van der Waals surface area contributed by atoms with Gasteiger partial charge in [-0.05, 0) is 41.1 Å². The van der Waals surface area contributed by atoms with Crippen molar-refractivity contribution in [2.45, 2.75) is 82.5 Å². The normalized spacial score (nSPS) is 24.1. The zero-order valence-electron chi connectivity index (χ0n) is 22.9. The highest BCUT2D eigenvalue weighted by Gasteiger charge is 2.51. The summed E-state index contributed by atoms with van der Waals surface area (Å²) in [5.41, 5.74) is 4.85. The number of nitrogen functional groups attached to an aromatic ring is 1. The van der Waals surface area contributed by atoms with Crippen molar-refractivity contribution in [3.8, 4) is 0 Å². The Morgan fingerprint density at radius 2 is 1.62 bits per heavy atom. The van der Waals surface area contributed by atoms with Crippen molar-refractivity contribution in [2.24, 2.45) is 0 Å². The molecular formula is C30H38FN3O4Si. The molecule has 2 aliphatic rings. The molecule has 1 spiro atoms. The Balaban J connectivity index is 1.39.